The number of nitrogens with zero attached hydrogens (tertiary/aromatic N) is 1. The third kappa shape index (κ3) is 3.43. The van der Waals surface area contributed by atoms with E-state index in [1.807, 2.05) is 24.3 Å². The van der Waals surface area contributed by atoms with Crippen molar-refractivity contribution in [3.8, 4) is 0 Å². The molecule has 6 nitrogen and oxygen atoms in total. The molecule has 24 heavy (non-hydrogen) atoms. The molecule has 1 saturated carbocycles. The highest BCUT2D eigenvalue weighted by molar-refractivity contribution is 6.30. The number of carbonyl (C=O) groups excluding carboxylic acids is 1. The van der Waals surface area contributed by atoms with Gasteiger partial charge in [0.2, 0.25) is 0 Å². The molecule has 1 saturated heterocycles. The van der Waals surface area contributed by atoms with E-state index in [-0.39, 0.29) is 17.6 Å². The van der Waals surface area contributed by atoms with Gasteiger partial charge in [-0.1, -0.05) is 23.7 Å². The molecule has 2 amide bonds. The van der Waals surface area contributed by atoms with Gasteiger partial charge in [-0.3, -0.25) is 0 Å². The molecule has 1 aliphatic carbocycles. The number of nitrogens with one attached hydrogen (secondary N) is 1. The number of rotatable bonds is 4. The van der Waals surface area contributed by atoms with Crippen molar-refractivity contribution in [2.45, 2.75) is 37.1 Å². The van der Waals surface area contributed by atoms with Crippen LogP contribution in [0.25, 0.3) is 0 Å². The molecule has 0 atom stereocenters. The predicted octanol–water partition coefficient (Wildman–Crippen LogP) is 3.24. The zero-order chi connectivity index (χ0) is 17.2. The maximum atomic E-state index is 11.8. The van der Waals surface area contributed by atoms with Crippen LogP contribution in [0.3, 0.4) is 0 Å². The second kappa shape index (κ2) is 6.89. The summed E-state index contributed by atoms with van der Waals surface area (Å²) >= 11 is 6.13. The van der Waals surface area contributed by atoms with E-state index in [1.165, 1.54) is 0 Å². The number of benzene rings is 1. The van der Waals surface area contributed by atoms with E-state index in [4.69, 9.17) is 21.4 Å². The molecule has 130 valence electrons. The molecule has 1 heterocycles. The zero-order valence-corrected chi connectivity index (χ0v) is 14.1. The molecule has 3 rings (SSSR count). The lowest BCUT2D eigenvalue weighted by Crippen LogP contribution is -2.47. The van der Waals surface area contributed by atoms with Gasteiger partial charge in [0, 0.05) is 23.0 Å². The van der Waals surface area contributed by atoms with Crippen molar-refractivity contribution in [2.24, 2.45) is 0 Å². The van der Waals surface area contributed by atoms with Crippen LogP contribution in [-0.4, -0.2) is 47.9 Å². The average molecular weight is 353 g/mol. The fourth-order valence-corrected chi connectivity index (χ4v) is 4.02. The number of cyclic esters (lactones) is 1. The normalized spacial score (nSPS) is 27.0. The van der Waals surface area contributed by atoms with Crippen molar-refractivity contribution in [3.05, 3.63) is 34.9 Å². The topological polar surface area (TPSA) is 78.9 Å². The Hall–Kier alpha value is -1.95. The van der Waals surface area contributed by atoms with E-state index in [2.05, 4.69) is 5.32 Å². The van der Waals surface area contributed by atoms with Crippen molar-refractivity contribution in [3.63, 3.8) is 0 Å². The van der Waals surface area contributed by atoms with Crippen molar-refractivity contribution in [1.29, 1.82) is 0 Å². The second-order valence-electron chi connectivity index (χ2n) is 6.49. The fourth-order valence-electron chi connectivity index (χ4n) is 3.83. The molecule has 0 aromatic heterocycles. The van der Waals surface area contributed by atoms with Crippen molar-refractivity contribution < 1.29 is 19.4 Å². The highest BCUT2D eigenvalue weighted by Gasteiger charge is 2.41. The van der Waals surface area contributed by atoms with Crippen molar-refractivity contribution in [1.82, 2.24) is 10.2 Å². The summed E-state index contributed by atoms with van der Waals surface area (Å²) in [6.45, 7) is 1.44. The molecule has 0 bridgehead atoms. The smallest absolute Gasteiger partial charge is 0.410 e. The maximum absolute atomic E-state index is 11.8. The zero-order valence-electron chi connectivity index (χ0n) is 13.3. The summed E-state index contributed by atoms with van der Waals surface area (Å²) in [7, 11) is 0. The molecule has 2 aliphatic rings. The second-order valence-corrected chi connectivity index (χ2v) is 6.92. The highest BCUT2D eigenvalue weighted by Crippen LogP contribution is 2.41. The van der Waals surface area contributed by atoms with Gasteiger partial charge in [0.25, 0.3) is 0 Å². The first-order chi connectivity index (χ1) is 11.5. The molecule has 1 aromatic rings. The van der Waals surface area contributed by atoms with E-state index in [0.29, 0.717) is 24.7 Å². The number of ether oxygens (including phenoxy) is 1. The first kappa shape index (κ1) is 16.9. The van der Waals surface area contributed by atoms with Crippen LogP contribution in [0.4, 0.5) is 9.59 Å². The van der Waals surface area contributed by atoms with Gasteiger partial charge in [-0.15, -0.1) is 0 Å². The molecular formula is C17H21ClN2O4. The molecule has 0 radical (unpaired) electrons. The molecule has 0 spiro atoms. The van der Waals surface area contributed by atoms with E-state index in [9.17, 15) is 9.59 Å². The Labute approximate surface area is 145 Å². The minimum atomic E-state index is -1.03. The number of hydrogen-bond acceptors (Lipinski definition) is 3. The molecule has 7 heteroatoms. The van der Waals surface area contributed by atoms with E-state index in [0.717, 1.165) is 31.2 Å². The van der Waals surface area contributed by atoms with Crippen LogP contribution in [0.5, 0.6) is 0 Å². The Morgan fingerprint density at radius 1 is 1.42 bits per heavy atom. The Balaban J connectivity index is 1.77. The Morgan fingerprint density at radius 2 is 2.17 bits per heavy atom. The monoisotopic (exact) mass is 352 g/mol. The molecule has 0 unspecified atom stereocenters. The largest absolute Gasteiger partial charge is 0.465 e. The number of carboxylic acid groups (broad SMARTS) is 1. The Morgan fingerprint density at radius 3 is 2.75 bits per heavy atom. The van der Waals surface area contributed by atoms with Crippen molar-refractivity contribution in [2.75, 3.05) is 19.7 Å². The molecule has 1 aliphatic heterocycles. The lowest BCUT2D eigenvalue weighted by atomic mass is 9.68. The predicted molar refractivity (Wildman–Crippen MR) is 89.5 cm³/mol. The summed E-state index contributed by atoms with van der Waals surface area (Å²) < 4.78 is 5.03. The maximum Gasteiger partial charge on any atom is 0.410 e. The highest BCUT2D eigenvalue weighted by atomic mass is 35.5. The van der Waals surface area contributed by atoms with Gasteiger partial charge in [-0.2, -0.15) is 0 Å². The quantitative estimate of drug-likeness (QED) is 0.871. The van der Waals surface area contributed by atoms with E-state index < -0.39 is 6.09 Å². The lowest BCUT2D eigenvalue weighted by molar-refractivity contribution is 0.125. The van der Waals surface area contributed by atoms with Gasteiger partial charge in [0.05, 0.1) is 6.54 Å². The van der Waals surface area contributed by atoms with Gasteiger partial charge in [-0.25, -0.2) is 9.59 Å². The molecule has 2 fully saturated rings. The van der Waals surface area contributed by atoms with Crippen LogP contribution in [0, 0.1) is 0 Å². The summed E-state index contributed by atoms with van der Waals surface area (Å²) in [5.41, 5.74) is 0.759. The minimum Gasteiger partial charge on any atom is -0.465 e. The van der Waals surface area contributed by atoms with Crippen LogP contribution in [0.2, 0.25) is 5.02 Å². The van der Waals surface area contributed by atoms with Gasteiger partial charge in [-0.05, 0) is 43.4 Å². The molecule has 1 aromatic carbocycles. The van der Waals surface area contributed by atoms with Crippen LogP contribution < -0.4 is 5.32 Å². The fraction of sp³-hybridized carbons (Fsp3) is 0.529. The average Bonchev–Trinajstić information content (AvgIpc) is 2.99. The van der Waals surface area contributed by atoms with Gasteiger partial charge >= 0.3 is 12.2 Å². The van der Waals surface area contributed by atoms with Gasteiger partial charge in [0.15, 0.2) is 0 Å². The van der Waals surface area contributed by atoms with E-state index >= 15 is 0 Å². The molecular weight excluding hydrogens is 332 g/mol. The van der Waals surface area contributed by atoms with Crippen LogP contribution in [-0.2, 0) is 10.2 Å². The first-order valence-electron chi connectivity index (χ1n) is 8.16. The summed E-state index contributed by atoms with van der Waals surface area (Å²) in [5, 5.41) is 12.2. The number of hydrogen-bond donors (Lipinski definition) is 2. The van der Waals surface area contributed by atoms with Crippen molar-refractivity contribution >= 4 is 23.8 Å². The summed E-state index contributed by atoms with van der Waals surface area (Å²) in [6, 6.07) is 7.78. The lowest BCUT2D eigenvalue weighted by Gasteiger charge is -2.42. The van der Waals surface area contributed by atoms with Crippen LogP contribution in [0.15, 0.2) is 24.3 Å². The van der Waals surface area contributed by atoms with Crippen LogP contribution >= 0.6 is 11.6 Å². The minimum absolute atomic E-state index is 0.164. The Bertz CT molecular complexity index is 629. The van der Waals surface area contributed by atoms with Crippen LogP contribution in [0.1, 0.15) is 31.2 Å². The number of carbonyl (C=O) groups is 2. The summed E-state index contributed by atoms with van der Waals surface area (Å²) in [4.78, 5) is 24.6. The van der Waals surface area contributed by atoms with Gasteiger partial charge < -0.3 is 20.1 Å². The SMILES string of the molecule is O=C(O)NCC1(c2cccc(Cl)c2)CCC(N2CCOC2=O)CC1. The summed E-state index contributed by atoms with van der Waals surface area (Å²) in [6.07, 6.45) is 1.97. The molecule has 2 N–H and O–H groups in total. The third-order valence-corrected chi connectivity index (χ3v) is 5.40. The van der Waals surface area contributed by atoms with Gasteiger partial charge in [0.1, 0.15) is 6.61 Å². The Kier molecular flexibility index (Phi) is 4.85. The third-order valence-electron chi connectivity index (χ3n) is 5.16. The first-order valence-corrected chi connectivity index (χ1v) is 8.54. The number of amides is 2. The number of halogens is 1. The van der Waals surface area contributed by atoms with E-state index in [1.54, 1.807) is 4.90 Å². The summed E-state index contributed by atoms with van der Waals surface area (Å²) in [5.74, 6) is 0. The standard InChI is InChI=1S/C17H21ClN2O4/c18-13-3-1-2-12(10-13)17(11-19-15(21)22)6-4-14(5-7-17)20-8-9-24-16(20)23/h1-3,10,14,19H,4-9,11H2,(H,21,22).